The zero-order valence-electron chi connectivity index (χ0n) is 10.8. The monoisotopic (exact) mass is 256 g/mol. The highest BCUT2D eigenvalue weighted by Crippen LogP contribution is 2.28. The van der Waals surface area contributed by atoms with Gasteiger partial charge in [0.15, 0.2) is 0 Å². The lowest BCUT2D eigenvalue weighted by atomic mass is 10.0. The Balaban J connectivity index is 2.01. The summed E-state index contributed by atoms with van der Waals surface area (Å²) in [4.78, 5) is 9.05. The Hall–Kier alpha value is -2.74. The highest BCUT2D eigenvalue weighted by molar-refractivity contribution is 5.96. The van der Waals surface area contributed by atoms with Gasteiger partial charge in [0.2, 0.25) is 0 Å². The van der Waals surface area contributed by atoms with E-state index in [-0.39, 0.29) is 0 Å². The Labute approximate surface area is 116 Å². The Morgan fingerprint density at radius 2 is 1.55 bits per heavy atom. The van der Waals surface area contributed by atoms with Crippen LogP contribution in [0, 0.1) is 0 Å². The first-order valence-electron chi connectivity index (χ1n) is 6.62. The summed E-state index contributed by atoms with van der Waals surface area (Å²) in [6.07, 6.45) is 1.79. The Bertz CT molecular complexity index is 908. The van der Waals surface area contributed by atoms with Gasteiger partial charge in [-0.3, -0.25) is 4.98 Å². The molecule has 4 rings (SSSR count). The van der Waals surface area contributed by atoms with Crippen LogP contribution in [0.4, 0.5) is 0 Å². The summed E-state index contributed by atoms with van der Waals surface area (Å²) in [6, 6.07) is 22.7. The molecule has 0 unspecified atom stereocenters. The van der Waals surface area contributed by atoms with E-state index in [1.54, 1.807) is 6.20 Å². The van der Waals surface area contributed by atoms with Gasteiger partial charge in [0.05, 0.1) is 16.7 Å². The molecule has 0 atom stereocenters. The first-order chi connectivity index (χ1) is 9.92. The maximum atomic E-state index is 4.73. The molecule has 2 aromatic carbocycles. The SMILES string of the molecule is c1ccc2c(-c3ccc4ncccc4n3)cccc2c1. The van der Waals surface area contributed by atoms with Gasteiger partial charge in [-0.25, -0.2) is 4.98 Å². The van der Waals surface area contributed by atoms with Gasteiger partial charge in [-0.05, 0) is 35.0 Å². The predicted octanol–water partition coefficient (Wildman–Crippen LogP) is 4.45. The third kappa shape index (κ3) is 1.74. The van der Waals surface area contributed by atoms with Crippen molar-refractivity contribution in [3.63, 3.8) is 0 Å². The van der Waals surface area contributed by atoms with E-state index in [1.807, 2.05) is 24.3 Å². The van der Waals surface area contributed by atoms with Gasteiger partial charge in [0.1, 0.15) is 0 Å². The molecule has 2 nitrogen and oxygen atoms in total. The molecule has 94 valence electrons. The van der Waals surface area contributed by atoms with Crippen molar-refractivity contribution in [2.75, 3.05) is 0 Å². The van der Waals surface area contributed by atoms with E-state index in [0.717, 1.165) is 22.3 Å². The molecule has 0 N–H and O–H groups in total. The van der Waals surface area contributed by atoms with Crippen LogP contribution < -0.4 is 0 Å². The highest BCUT2D eigenvalue weighted by Gasteiger charge is 2.05. The largest absolute Gasteiger partial charge is 0.255 e. The highest BCUT2D eigenvalue weighted by atomic mass is 14.8. The molecule has 0 aliphatic heterocycles. The van der Waals surface area contributed by atoms with Crippen LogP contribution in [0.15, 0.2) is 72.9 Å². The maximum absolute atomic E-state index is 4.73. The van der Waals surface area contributed by atoms with Crippen LogP contribution in [-0.2, 0) is 0 Å². The molecule has 0 saturated heterocycles. The Morgan fingerprint density at radius 3 is 2.55 bits per heavy atom. The topological polar surface area (TPSA) is 25.8 Å². The number of benzene rings is 2. The normalized spacial score (nSPS) is 11.0. The summed E-state index contributed by atoms with van der Waals surface area (Å²) in [6.45, 7) is 0. The summed E-state index contributed by atoms with van der Waals surface area (Å²) < 4.78 is 0. The Kier molecular flexibility index (Phi) is 2.46. The van der Waals surface area contributed by atoms with Gasteiger partial charge in [-0.1, -0.05) is 42.5 Å². The molecule has 0 saturated carbocycles. The quantitative estimate of drug-likeness (QED) is 0.503. The Morgan fingerprint density at radius 1 is 0.650 bits per heavy atom. The number of aromatic nitrogens is 2. The van der Waals surface area contributed by atoms with Crippen LogP contribution in [0.3, 0.4) is 0 Å². The van der Waals surface area contributed by atoms with E-state index >= 15 is 0 Å². The smallest absolute Gasteiger partial charge is 0.0894 e. The van der Waals surface area contributed by atoms with Crippen molar-refractivity contribution in [2.45, 2.75) is 0 Å². The fraction of sp³-hybridized carbons (Fsp3) is 0. The lowest BCUT2D eigenvalue weighted by molar-refractivity contribution is 1.34. The van der Waals surface area contributed by atoms with E-state index in [0.29, 0.717) is 0 Å². The number of rotatable bonds is 1. The van der Waals surface area contributed by atoms with Crippen molar-refractivity contribution >= 4 is 21.8 Å². The van der Waals surface area contributed by atoms with E-state index in [4.69, 9.17) is 4.98 Å². The van der Waals surface area contributed by atoms with Gasteiger partial charge < -0.3 is 0 Å². The molecule has 0 aliphatic rings. The molecule has 2 aromatic heterocycles. The first kappa shape index (κ1) is 11.1. The molecule has 20 heavy (non-hydrogen) atoms. The minimum absolute atomic E-state index is 0.927. The standard InChI is InChI=1S/C18H12N2/c1-2-7-14-13(5-1)6-3-8-15(14)16-10-11-17-18(20-16)9-4-12-19-17/h1-12H. The van der Waals surface area contributed by atoms with Crippen molar-refractivity contribution in [1.82, 2.24) is 9.97 Å². The van der Waals surface area contributed by atoms with E-state index in [1.165, 1.54) is 10.8 Å². The van der Waals surface area contributed by atoms with Crippen LogP contribution in [0.1, 0.15) is 0 Å². The van der Waals surface area contributed by atoms with Crippen LogP contribution in [0.25, 0.3) is 33.1 Å². The minimum Gasteiger partial charge on any atom is -0.255 e. The molecule has 0 aliphatic carbocycles. The zero-order valence-corrected chi connectivity index (χ0v) is 10.8. The van der Waals surface area contributed by atoms with Crippen molar-refractivity contribution in [1.29, 1.82) is 0 Å². The summed E-state index contributed by atoms with van der Waals surface area (Å²) >= 11 is 0. The predicted molar refractivity (Wildman–Crippen MR) is 82.5 cm³/mol. The van der Waals surface area contributed by atoms with E-state index in [9.17, 15) is 0 Å². The molecule has 0 bridgehead atoms. The maximum Gasteiger partial charge on any atom is 0.0894 e. The lowest BCUT2D eigenvalue weighted by Crippen LogP contribution is -1.88. The number of pyridine rings is 2. The lowest BCUT2D eigenvalue weighted by Gasteiger charge is -2.07. The average Bonchev–Trinajstić information content (AvgIpc) is 2.54. The number of nitrogens with zero attached hydrogens (tertiary/aromatic N) is 2. The van der Waals surface area contributed by atoms with Gasteiger partial charge in [-0.15, -0.1) is 0 Å². The summed E-state index contributed by atoms with van der Waals surface area (Å²) in [5, 5.41) is 2.46. The van der Waals surface area contributed by atoms with Crippen LogP contribution in [-0.4, -0.2) is 9.97 Å². The molecule has 2 heteroatoms. The summed E-state index contributed by atoms with van der Waals surface area (Å²) in [5.74, 6) is 0. The molecule has 4 aromatic rings. The second kappa shape index (κ2) is 4.42. The van der Waals surface area contributed by atoms with Crippen LogP contribution in [0.2, 0.25) is 0 Å². The molecule has 0 amide bonds. The van der Waals surface area contributed by atoms with Gasteiger partial charge in [0, 0.05) is 11.8 Å². The summed E-state index contributed by atoms with van der Waals surface area (Å²) in [7, 11) is 0. The average molecular weight is 256 g/mol. The fourth-order valence-electron chi connectivity index (χ4n) is 2.56. The van der Waals surface area contributed by atoms with Gasteiger partial charge >= 0.3 is 0 Å². The number of hydrogen-bond acceptors (Lipinski definition) is 2. The molecule has 0 fully saturated rings. The number of fused-ring (bicyclic) bond motifs is 2. The fourth-order valence-corrected chi connectivity index (χ4v) is 2.56. The van der Waals surface area contributed by atoms with E-state index in [2.05, 4.69) is 47.4 Å². The zero-order chi connectivity index (χ0) is 13.4. The van der Waals surface area contributed by atoms with E-state index < -0.39 is 0 Å². The third-order valence-electron chi connectivity index (χ3n) is 3.52. The van der Waals surface area contributed by atoms with Crippen molar-refractivity contribution < 1.29 is 0 Å². The van der Waals surface area contributed by atoms with Crippen molar-refractivity contribution in [3.8, 4) is 11.3 Å². The first-order valence-corrected chi connectivity index (χ1v) is 6.62. The molecular weight excluding hydrogens is 244 g/mol. The van der Waals surface area contributed by atoms with Crippen LogP contribution >= 0.6 is 0 Å². The second-order valence-corrected chi connectivity index (χ2v) is 4.76. The van der Waals surface area contributed by atoms with Crippen molar-refractivity contribution in [2.24, 2.45) is 0 Å². The van der Waals surface area contributed by atoms with Gasteiger partial charge in [0.25, 0.3) is 0 Å². The molecule has 0 radical (unpaired) electrons. The molecule has 0 spiro atoms. The van der Waals surface area contributed by atoms with Gasteiger partial charge in [-0.2, -0.15) is 0 Å². The molecule has 2 heterocycles. The number of hydrogen-bond donors (Lipinski definition) is 0. The summed E-state index contributed by atoms with van der Waals surface area (Å²) in [5.41, 5.74) is 4.01. The minimum atomic E-state index is 0.927. The van der Waals surface area contributed by atoms with Crippen molar-refractivity contribution in [3.05, 3.63) is 72.9 Å². The second-order valence-electron chi connectivity index (χ2n) is 4.76. The molecular formula is C18H12N2. The van der Waals surface area contributed by atoms with Crippen LogP contribution in [0.5, 0.6) is 0 Å². The third-order valence-corrected chi connectivity index (χ3v) is 3.52.